The van der Waals surface area contributed by atoms with Crippen LogP contribution in [-0.2, 0) is 19.1 Å². The van der Waals surface area contributed by atoms with E-state index in [0.717, 1.165) is 23.7 Å². The average molecular weight is 290 g/mol. The maximum atomic E-state index is 11.5. The predicted molar refractivity (Wildman–Crippen MR) is 72.8 cm³/mol. The molecule has 0 aromatic carbocycles. The van der Waals surface area contributed by atoms with Crippen molar-refractivity contribution in [3.63, 3.8) is 0 Å². The molecule has 6 aliphatic rings. The van der Waals surface area contributed by atoms with Crippen LogP contribution in [0.2, 0.25) is 0 Å². The number of ether oxygens (including phenoxy) is 2. The molecule has 0 N–H and O–H groups in total. The van der Waals surface area contributed by atoms with Crippen LogP contribution >= 0.6 is 0 Å². The van der Waals surface area contributed by atoms with Crippen molar-refractivity contribution in [2.24, 2.45) is 52.8 Å². The van der Waals surface area contributed by atoms with Crippen molar-refractivity contribution in [2.45, 2.75) is 33.3 Å². The van der Waals surface area contributed by atoms with E-state index in [1.165, 1.54) is 20.3 Å². The minimum atomic E-state index is -0.175. The molecule has 0 aromatic heterocycles. The lowest BCUT2D eigenvalue weighted by molar-refractivity contribution is -0.149. The van der Waals surface area contributed by atoms with Gasteiger partial charge in [0.05, 0.1) is 6.61 Å². The first-order valence-corrected chi connectivity index (χ1v) is 8.25. The zero-order valence-electron chi connectivity index (χ0n) is 12.7. The second-order valence-corrected chi connectivity index (χ2v) is 8.28. The smallest absolute Gasteiger partial charge is 0.302 e. The Hall–Kier alpha value is -1.06. The fraction of sp³-hybridized carbons (Fsp3) is 0.882. The van der Waals surface area contributed by atoms with Crippen LogP contribution in [0.15, 0.2) is 0 Å². The van der Waals surface area contributed by atoms with Gasteiger partial charge in [-0.05, 0) is 41.9 Å². The molecule has 0 heterocycles. The number of hydrogen-bond acceptors (Lipinski definition) is 4. The number of carbonyl (C=O) groups is 2. The van der Waals surface area contributed by atoms with Crippen LogP contribution in [0.25, 0.3) is 0 Å². The van der Waals surface area contributed by atoms with E-state index < -0.39 is 0 Å². The van der Waals surface area contributed by atoms with Gasteiger partial charge in [0.15, 0.2) is 0 Å². The van der Waals surface area contributed by atoms with Gasteiger partial charge < -0.3 is 9.47 Å². The summed E-state index contributed by atoms with van der Waals surface area (Å²) in [6.45, 7) is 5.92. The topological polar surface area (TPSA) is 52.6 Å². The van der Waals surface area contributed by atoms with Gasteiger partial charge >= 0.3 is 11.9 Å². The fourth-order valence-electron chi connectivity index (χ4n) is 8.05. The number of carbonyl (C=O) groups excluding carboxylic acids is 2. The van der Waals surface area contributed by atoms with E-state index in [9.17, 15) is 9.59 Å². The Morgan fingerprint density at radius 3 is 2.33 bits per heavy atom. The lowest BCUT2D eigenvalue weighted by atomic mass is 9.71. The number of esters is 2. The van der Waals surface area contributed by atoms with E-state index in [2.05, 4.69) is 6.92 Å². The van der Waals surface area contributed by atoms with Crippen LogP contribution < -0.4 is 0 Å². The van der Waals surface area contributed by atoms with E-state index in [0.29, 0.717) is 30.3 Å². The largest absolute Gasteiger partial charge is 0.465 e. The Labute approximate surface area is 124 Å². The molecule has 10 atom stereocenters. The third-order valence-electron chi connectivity index (χ3n) is 7.79. The van der Waals surface area contributed by atoms with E-state index in [-0.39, 0.29) is 23.5 Å². The van der Waals surface area contributed by atoms with Crippen molar-refractivity contribution in [3.8, 4) is 0 Å². The lowest BCUT2D eigenvalue weighted by Crippen LogP contribution is -2.32. The van der Waals surface area contributed by atoms with Gasteiger partial charge in [-0.15, -0.1) is 0 Å². The van der Waals surface area contributed by atoms with E-state index >= 15 is 0 Å². The molecular formula is C17H22O4. The highest BCUT2D eigenvalue weighted by Crippen LogP contribution is 2.87. The zero-order valence-corrected chi connectivity index (χ0v) is 12.7. The summed E-state index contributed by atoms with van der Waals surface area (Å²) in [7, 11) is 0. The SMILES string of the molecule is CC(=O)OC[C@]1(C)C2C3C4[C@@H]5C[C@H]3C1C5C2[C@H]4OC(C)=O. The maximum Gasteiger partial charge on any atom is 0.302 e. The predicted octanol–water partition coefficient (Wildman–Crippen LogP) is 1.88. The summed E-state index contributed by atoms with van der Waals surface area (Å²) in [5, 5.41) is 0. The molecule has 4 nitrogen and oxygen atoms in total. The Balaban J connectivity index is 1.52. The second kappa shape index (κ2) is 3.47. The lowest BCUT2D eigenvalue weighted by Gasteiger charge is -2.32. The Morgan fingerprint density at radius 1 is 1.00 bits per heavy atom. The van der Waals surface area contributed by atoms with Crippen LogP contribution in [-0.4, -0.2) is 24.6 Å². The van der Waals surface area contributed by atoms with Crippen molar-refractivity contribution >= 4 is 11.9 Å². The molecule has 6 rings (SSSR count). The van der Waals surface area contributed by atoms with Crippen molar-refractivity contribution in [1.82, 2.24) is 0 Å². The summed E-state index contributed by atoms with van der Waals surface area (Å²) in [5.74, 6) is 5.15. The van der Waals surface area contributed by atoms with E-state index in [1.807, 2.05) is 0 Å². The monoisotopic (exact) mass is 290 g/mol. The van der Waals surface area contributed by atoms with Crippen molar-refractivity contribution < 1.29 is 19.1 Å². The molecule has 0 aliphatic heterocycles. The van der Waals surface area contributed by atoms with Gasteiger partial charge in [-0.3, -0.25) is 9.59 Å². The standard InChI is InChI=1S/C17H22O4/c1-6(18)20-5-17(3)14-9-4-8-10(14)13-15(17)11(9)12(8)16(13)21-7(2)19/h8-16H,4-5H2,1-3H3/t8-,9-,10?,11?,12?,13?,14?,15?,16+,17+/m1/s1. The molecule has 0 amide bonds. The summed E-state index contributed by atoms with van der Waals surface area (Å²) in [5.41, 5.74) is 0.120. The average Bonchev–Trinajstić information content (AvgIpc) is 3.11. The third-order valence-corrected chi connectivity index (χ3v) is 7.79. The molecule has 6 saturated carbocycles. The molecule has 0 aromatic rings. The Kier molecular flexibility index (Phi) is 2.06. The van der Waals surface area contributed by atoms with Crippen LogP contribution in [0.1, 0.15) is 27.2 Å². The maximum absolute atomic E-state index is 11.5. The first kappa shape index (κ1) is 12.5. The normalized spacial score (nSPS) is 60.2. The first-order chi connectivity index (χ1) is 9.95. The minimum absolute atomic E-state index is 0.120. The van der Waals surface area contributed by atoms with Gasteiger partial charge in [0.2, 0.25) is 0 Å². The van der Waals surface area contributed by atoms with Crippen LogP contribution in [0.5, 0.6) is 0 Å². The molecule has 6 fully saturated rings. The molecule has 6 aliphatic carbocycles. The molecule has 0 spiro atoms. The van der Waals surface area contributed by atoms with Crippen molar-refractivity contribution in [2.75, 3.05) is 6.61 Å². The second-order valence-electron chi connectivity index (χ2n) is 8.28. The Morgan fingerprint density at radius 2 is 1.71 bits per heavy atom. The van der Waals surface area contributed by atoms with Gasteiger partial charge in [-0.1, -0.05) is 6.92 Å². The highest BCUT2D eigenvalue weighted by molar-refractivity contribution is 5.66. The molecule has 0 radical (unpaired) electrons. The zero-order chi connectivity index (χ0) is 14.7. The van der Waals surface area contributed by atoms with Crippen molar-refractivity contribution in [3.05, 3.63) is 0 Å². The van der Waals surface area contributed by atoms with Gasteiger partial charge in [0.25, 0.3) is 0 Å². The quantitative estimate of drug-likeness (QED) is 0.745. The van der Waals surface area contributed by atoms with Crippen molar-refractivity contribution in [1.29, 1.82) is 0 Å². The number of rotatable bonds is 3. The summed E-state index contributed by atoms with van der Waals surface area (Å²) in [6, 6.07) is 0. The fourth-order valence-corrected chi connectivity index (χ4v) is 8.05. The molecule has 114 valence electrons. The van der Waals surface area contributed by atoms with E-state index in [4.69, 9.17) is 9.47 Å². The first-order valence-electron chi connectivity index (χ1n) is 8.25. The summed E-state index contributed by atoms with van der Waals surface area (Å²) >= 11 is 0. The summed E-state index contributed by atoms with van der Waals surface area (Å²) in [4.78, 5) is 22.7. The molecule has 21 heavy (non-hydrogen) atoms. The van der Waals surface area contributed by atoms with Gasteiger partial charge in [0, 0.05) is 31.1 Å². The van der Waals surface area contributed by atoms with E-state index in [1.54, 1.807) is 0 Å². The molecule has 6 bridgehead atoms. The highest BCUT2D eigenvalue weighted by Gasteiger charge is 2.87. The summed E-state index contributed by atoms with van der Waals surface area (Å²) in [6.07, 6.45) is 1.48. The Bertz CT molecular complexity index is 557. The summed E-state index contributed by atoms with van der Waals surface area (Å²) < 4.78 is 11.2. The van der Waals surface area contributed by atoms with Crippen LogP contribution in [0, 0.1) is 52.8 Å². The van der Waals surface area contributed by atoms with Crippen LogP contribution in [0.3, 0.4) is 0 Å². The molecular weight excluding hydrogens is 268 g/mol. The molecule has 0 saturated heterocycles. The van der Waals surface area contributed by atoms with Gasteiger partial charge in [-0.2, -0.15) is 0 Å². The highest BCUT2D eigenvalue weighted by atomic mass is 16.5. The minimum Gasteiger partial charge on any atom is -0.465 e. The van der Waals surface area contributed by atoms with Gasteiger partial charge in [-0.25, -0.2) is 0 Å². The molecule has 4 heteroatoms. The van der Waals surface area contributed by atoms with Crippen LogP contribution in [0.4, 0.5) is 0 Å². The molecule has 6 unspecified atom stereocenters. The number of hydrogen-bond donors (Lipinski definition) is 0. The third kappa shape index (κ3) is 1.14. The van der Waals surface area contributed by atoms with Gasteiger partial charge in [0.1, 0.15) is 6.10 Å².